The Morgan fingerprint density at radius 1 is 1.21 bits per heavy atom. The fraction of sp³-hybridized carbons (Fsp3) is 0.360. The first-order valence-electron chi connectivity index (χ1n) is 11.2. The summed E-state index contributed by atoms with van der Waals surface area (Å²) < 4.78 is 27.8. The Hall–Kier alpha value is -3.46. The number of nitrogens with zero attached hydrogens (tertiary/aromatic N) is 3. The van der Waals surface area contributed by atoms with Crippen LogP contribution in [0.25, 0.3) is 11.3 Å². The maximum Gasteiger partial charge on any atom is 0.251 e. The Morgan fingerprint density at radius 2 is 2.03 bits per heavy atom. The van der Waals surface area contributed by atoms with Gasteiger partial charge in [0.1, 0.15) is 17.8 Å². The van der Waals surface area contributed by atoms with Gasteiger partial charge in [-0.3, -0.25) is 9.78 Å². The zero-order chi connectivity index (χ0) is 24.1. The smallest absolute Gasteiger partial charge is 0.251 e. The summed E-state index contributed by atoms with van der Waals surface area (Å²) in [7, 11) is 0. The summed E-state index contributed by atoms with van der Waals surface area (Å²) >= 11 is 0. The van der Waals surface area contributed by atoms with Crippen molar-refractivity contribution < 1.29 is 18.7 Å². The number of benzene rings is 1. The van der Waals surface area contributed by atoms with Gasteiger partial charge in [0.15, 0.2) is 0 Å². The number of alkyl halides is 1. The molecule has 0 aliphatic heterocycles. The summed E-state index contributed by atoms with van der Waals surface area (Å²) in [5, 5.41) is 24.1. The van der Waals surface area contributed by atoms with Crippen LogP contribution in [0.4, 0.5) is 14.6 Å². The van der Waals surface area contributed by atoms with E-state index in [4.69, 9.17) is 0 Å². The van der Waals surface area contributed by atoms with E-state index in [1.165, 1.54) is 18.3 Å². The zero-order valence-corrected chi connectivity index (χ0v) is 18.8. The number of carbonyl (C=O) groups is 1. The summed E-state index contributed by atoms with van der Waals surface area (Å²) in [5.74, 6) is -0.205. The van der Waals surface area contributed by atoms with Gasteiger partial charge in [0.25, 0.3) is 5.91 Å². The molecule has 3 aromatic rings. The molecule has 2 heterocycles. The highest BCUT2D eigenvalue weighted by molar-refractivity contribution is 5.95. The number of anilines is 1. The molecule has 4 rings (SSSR count). The van der Waals surface area contributed by atoms with Crippen molar-refractivity contribution in [1.82, 2.24) is 20.5 Å². The van der Waals surface area contributed by atoms with Crippen molar-refractivity contribution in [2.45, 2.75) is 50.4 Å². The van der Waals surface area contributed by atoms with E-state index >= 15 is 0 Å². The van der Waals surface area contributed by atoms with E-state index in [2.05, 4.69) is 25.8 Å². The minimum Gasteiger partial charge on any atom is -0.390 e. The molecule has 1 aliphatic rings. The zero-order valence-electron chi connectivity index (χ0n) is 18.8. The van der Waals surface area contributed by atoms with Crippen molar-refractivity contribution in [2.24, 2.45) is 0 Å². The van der Waals surface area contributed by atoms with Gasteiger partial charge >= 0.3 is 0 Å². The summed E-state index contributed by atoms with van der Waals surface area (Å²) in [5.41, 5.74) is 1.27. The predicted molar refractivity (Wildman–Crippen MR) is 124 cm³/mol. The fourth-order valence-electron chi connectivity index (χ4n) is 4.01. The summed E-state index contributed by atoms with van der Waals surface area (Å²) in [4.78, 5) is 16.4. The molecule has 2 aromatic heterocycles. The number of aromatic nitrogens is 3. The van der Waals surface area contributed by atoms with Crippen molar-refractivity contribution in [3.8, 4) is 11.3 Å². The van der Waals surface area contributed by atoms with Crippen molar-refractivity contribution in [2.75, 3.05) is 11.9 Å². The van der Waals surface area contributed by atoms with E-state index in [1.807, 2.05) is 6.07 Å². The molecule has 7 nitrogen and oxygen atoms in total. The normalized spacial score (nSPS) is 20.3. The molecule has 0 unspecified atom stereocenters. The lowest BCUT2D eigenvalue weighted by atomic mass is 9.77. The minimum absolute atomic E-state index is 0.0248. The van der Waals surface area contributed by atoms with Crippen molar-refractivity contribution >= 4 is 11.7 Å². The van der Waals surface area contributed by atoms with Crippen LogP contribution in [0.5, 0.6) is 0 Å². The average Bonchev–Trinajstić information content (AvgIpc) is 2.80. The van der Waals surface area contributed by atoms with Crippen LogP contribution in [0.3, 0.4) is 0 Å². The van der Waals surface area contributed by atoms with E-state index in [-0.39, 0.29) is 30.5 Å². The molecule has 1 aliphatic carbocycles. The molecule has 3 N–H and O–H groups in total. The molecule has 178 valence electrons. The third-order valence-corrected chi connectivity index (χ3v) is 5.81. The number of amides is 1. The van der Waals surface area contributed by atoms with Crippen LogP contribution in [0.15, 0.2) is 54.7 Å². The third kappa shape index (κ3) is 6.11. The van der Waals surface area contributed by atoms with Crippen LogP contribution in [-0.4, -0.2) is 50.6 Å². The van der Waals surface area contributed by atoms with Gasteiger partial charge in [0.2, 0.25) is 0 Å². The van der Waals surface area contributed by atoms with E-state index < -0.39 is 17.6 Å². The number of pyridine rings is 1. The largest absolute Gasteiger partial charge is 0.390 e. The first kappa shape index (κ1) is 23.7. The first-order chi connectivity index (χ1) is 16.3. The second-order valence-corrected chi connectivity index (χ2v) is 8.91. The molecule has 1 amide bonds. The van der Waals surface area contributed by atoms with Crippen LogP contribution in [0.1, 0.15) is 42.2 Å². The number of hydrogen-bond acceptors (Lipinski definition) is 6. The van der Waals surface area contributed by atoms with Crippen LogP contribution in [0, 0.1) is 5.82 Å². The third-order valence-electron chi connectivity index (χ3n) is 5.81. The van der Waals surface area contributed by atoms with Gasteiger partial charge in [-0.25, -0.2) is 8.78 Å². The second-order valence-electron chi connectivity index (χ2n) is 8.91. The maximum absolute atomic E-state index is 14.2. The summed E-state index contributed by atoms with van der Waals surface area (Å²) in [6.07, 6.45) is 1.39. The molecule has 1 atom stereocenters. The number of hydrogen-bond donors (Lipinski definition) is 3. The summed E-state index contributed by atoms with van der Waals surface area (Å²) in [6, 6.07) is 13.3. The van der Waals surface area contributed by atoms with E-state index in [0.29, 0.717) is 36.5 Å². The van der Waals surface area contributed by atoms with Gasteiger partial charge in [-0.15, -0.1) is 10.2 Å². The van der Waals surface area contributed by atoms with Gasteiger partial charge in [0, 0.05) is 36.3 Å². The lowest BCUT2D eigenvalue weighted by Crippen LogP contribution is -2.53. The standard InChI is InChI=1S/C25H27F2N5O2/c1-25(34)14-19(15-25)30-24(33)17-5-2-4-16(12-17)21-7-8-23(32-31-21)29-11-9-18(26)13-22-20(27)6-3-10-28-22/h2-8,10,12,18-19,34H,9,11,13-15H2,1H3,(H,29,32)(H,30,33)/t18-,19?,25?/m0/s1. The van der Waals surface area contributed by atoms with Crippen LogP contribution in [-0.2, 0) is 6.42 Å². The van der Waals surface area contributed by atoms with Crippen molar-refractivity contribution in [3.05, 3.63) is 71.8 Å². The predicted octanol–water partition coefficient (Wildman–Crippen LogP) is 3.70. The number of halogens is 2. The molecule has 0 spiro atoms. The molecular formula is C25H27F2N5O2. The Bertz CT molecular complexity index is 1130. The lowest BCUT2D eigenvalue weighted by molar-refractivity contribution is -0.0366. The lowest BCUT2D eigenvalue weighted by Gasteiger charge is -2.41. The minimum atomic E-state index is -1.23. The first-order valence-corrected chi connectivity index (χ1v) is 11.2. The van der Waals surface area contributed by atoms with Crippen LogP contribution in [0.2, 0.25) is 0 Å². The molecule has 1 fully saturated rings. The molecule has 1 aromatic carbocycles. The van der Waals surface area contributed by atoms with Gasteiger partial charge in [-0.05, 0) is 62.6 Å². The number of carbonyl (C=O) groups excluding carboxylic acids is 1. The monoisotopic (exact) mass is 467 g/mol. The Kier molecular flexibility index (Phi) is 7.12. The quantitative estimate of drug-likeness (QED) is 0.444. The molecular weight excluding hydrogens is 440 g/mol. The molecule has 0 radical (unpaired) electrons. The highest BCUT2D eigenvalue weighted by Crippen LogP contribution is 2.31. The number of aliphatic hydroxyl groups is 1. The molecule has 9 heteroatoms. The topological polar surface area (TPSA) is 100 Å². The van der Waals surface area contributed by atoms with Crippen molar-refractivity contribution in [1.29, 1.82) is 0 Å². The van der Waals surface area contributed by atoms with Crippen LogP contribution >= 0.6 is 0 Å². The van der Waals surface area contributed by atoms with Gasteiger partial charge < -0.3 is 15.7 Å². The Morgan fingerprint density at radius 3 is 2.74 bits per heavy atom. The number of rotatable bonds is 9. The van der Waals surface area contributed by atoms with Gasteiger partial charge in [-0.1, -0.05) is 12.1 Å². The van der Waals surface area contributed by atoms with E-state index in [0.717, 1.165) is 5.56 Å². The molecule has 0 bridgehead atoms. The molecule has 1 saturated carbocycles. The van der Waals surface area contributed by atoms with E-state index in [9.17, 15) is 18.7 Å². The fourth-order valence-corrected chi connectivity index (χ4v) is 4.01. The van der Waals surface area contributed by atoms with Crippen LogP contribution < -0.4 is 10.6 Å². The number of nitrogens with one attached hydrogen (secondary N) is 2. The second kappa shape index (κ2) is 10.2. The van der Waals surface area contributed by atoms with Gasteiger partial charge in [-0.2, -0.15) is 0 Å². The molecule has 34 heavy (non-hydrogen) atoms. The maximum atomic E-state index is 14.2. The highest BCUT2D eigenvalue weighted by atomic mass is 19.1. The Balaban J connectivity index is 1.28. The Labute approximate surface area is 196 Å². The van der Waals surface area contributed by atoms with E-state index in [1.54, 1.807) is 37.3 Å². The molecule has 0 saturated heterocycles. The SMILES string of the molecule is CC1(O)CC(NC(=O)c2cccc(-c3ccc(NCC[C@H](F)Cc4ncccc4F)nn3)c2)C1. The highest BCUT2D eigenvalue weighted by Gasteiger charge is 2.39. The average molecular weight is 468 g/mol. The van der Waals surface area contributed by atoms with Gasteiger partial charge in [0.05, 0.1) is 17.0 Å². The summed E-state index contributed by atoms with van der Waals surface area (Å²) in [6.45, 7) is 2.07. The van der Waals surface area contributed by atoms with Crippen molar-refractivity contribution in [3.63, 3.8) is 0 Å².